The zero-order chi connectivity index (χ0) is 36.4. The summed E-state index contributed by atoms with van der Waals surface area (Å²) in [6.45, 7) is 17.6. The van der Waals surface area contributed by atoms with Crippen molar-refractivity contribution in [3.63, 3.8) is 0 Å². The summed E-state index contributed by atoms with van der Waals surface area (Å²) < 4.78 is 0. The summed E-state index contributed by atoms with van der Waals surface area (Å²) in [6.07, 6.45) is 11.6. The summed E-state index contributed by atoms with van der Waals surface area (Å²) in [5.41, 5.74) is 11.0. The van der Waals surface area contributed by atoms with Gasteiger partial charge in [0.2, 0.25) is 0 Å². The highest BCUT2D eigenvalue weighted by Gasteiger charge is 2.13. The summed E-state index contributed by atoms with van der Waals surface area (Å²) in [4.78, 5) is 14.6. The summed E-state index contributed by atoms with van der Waals surface area (Å²) in [6, 6.07) is 45.8. The largest absolute Gasteiger partial charge is 0.208 e. The smallest absolute Gasteiger partial charge is 0.164 e. The van der Waals surface area contributed by atoms with Crippen molar-refractivity contribution in [3.8, 4) is 56.4 Å². The van der Waals surface area contributed by atoms with Crippen LogP contribution in [0.4, 0.5) is 0 Å². The number of aryl methyl sites for hydroxylation is 1. The number of rotatable bonds is 9. The molecule has 0 bridgehead atoms. The molecule has 0 radical (unpaired) electrons. The number of nitrogens with zero attached hydrogens (tertiary/aromatic N) is 3. The van der Waals surface area contributed by atoms with Crippen molar-refractivity contribution in [1.29, 1.82) is 0 Å². The van der Waals surface area contributed by atoms with Gasteiger partial charge in [-0.15, -0.1) is 0 Å². The van der Waals surface area contributed by atoms with E-state index in [0.29, 0.717) is 17.5 Å². The van der Waals surface area contributed by atoms with Gasteiger partial charge in [0.05, 0.1) is 0 Å². The molecule has 0 fully saturated rings. The first kappa shape index (κ1) is 37.6. The first-order valence-corrected chi connectivity index (χ1v) is 17.4. The molecule has 0 saturated heterocycles. The van der Waals surface area contributed by atoms with Crippen molar-refractivity contribution >= 4 is 0 Å². The highest BCUT2D eigenvalue weighted by atomic mass is 15.0. The van der Waals surface area contributed by atoms with Gasteiger partial charge in [0.25, 0.3) is 0 Å². The second-order valence-corrected chi connectivity index (χ2v) is 11.6. The van der Waals surface area contributed by atoms with Crippen LogP contribution >= 0.6 is 0 Å². The van der Waals surface area contributed by atoms with E-state index in [-0.39, 0.29) is 0 Å². The van der Waals surface area contributed by atoms with Crippen molar-refractivity contribution in [1.82, 2.24) is 15.0 Å². The molecule has 5 aromatic carbocycles. The molecular weight excluding hydrogens is 619 g/mol. The van der Waals surface area contributed by atoms with Crippen LogP contribution in [-0.4, -0.2) is 15.0 Å². The van der Waals surface area contributed by atoms with E-state index in [1.807, 2.05) is 70.2 Å². The molecule has 0 atom stereocenters. The third-order valence-corrected chi connectivity index (χ3v) is 7.92. The van der Waals surface area contributed by atoms with Crippen LogP contribution in [0.15, 0.2) is 194 Å². The molecule has 0 unspecified atom stereocenters. The maximum absolute atomic E-state index is 4.90. The van der Waals surface area contributed by atoms with E-state index in [2.05, 4.69) is 141 Å². The Balaban J connectivity index is 0.000000357. The zero-order valence-electron chi connectivity index (χ0n) is 30.4. The van der Waals surface area contributed by atoms with Gasteiger partial charge < -0.3 is 0 Å². The molecule has 0 aliphatic carbocycles. The molecule has 3 nitrogen and oxygen atoms in total. The second kappa shape index (κ2) is 19.7. The standard InChI is InChI=1S/C34H25N3.C12H16.C2H6/c1-24-12-14-29(15-13-24)32-35-33(30-20-16-27(17-21-30)25-8-4-2-5-9-25)37-34(36-32)31-22-18-28(19-23-31)26-10-6-3-7-11-26;1-5-7-9-11(3)12(4)10-8-6-2;1-2/h2-23H,1H3;5-10H,1,3H2,2,4H3;1-2H3/b;8-6-,9-7-,12-10+;. The van der Waals surface area contributed by atoms with Crippen molar-refractivity contribution in [2.75, 3.05) is 0 Å². The maximum atomic E-state index is 4.90. The van der Waals surface area contributed by atoms with E-state index in [9.17, 15) is 0 Å². The fourth-order valence-corrected chi connectivity index (χ4v) is 5.01. The molecule has 0 N–H and O–H groups in total. The minimum Gasteiger partial charge on any atom is -0.208 e. The molecule has 254 valence electrons. The molecular formula is C48H47N3. The van der Waals surface area contributed by atoms with Crippen LogP contribution in [0.2, 0.25) is 0 Å². The highest BCUT2D eigenvalue weighted by Crippen LogP contribution is 2.28. The number of benzene rings is 5. The van der Waals surface area contributed by atoms with E-state index < -0.39 is 0 Å². The topological polar surface area (TPSA) is 38.7 Å². The minimum absolute atomic E-state index is 0.660. The van der Waals surface area contributed by atoms with Gasteiger partial charge in [-0.2, -0.15) is 0 Å². The molecule has 0 aliphatic heterocycles. The third-order valence-electron chi connectivity index (χ3n) is 7.92. The van der Waals surface area contributed by atoms with Crippen LogP contribution in [-0.2, 0) is 0 Å². The lowest BCUT2D eigenvalue weighted by molar-refractivity contribution is 1.07. The lowest BCUT2D eigenvalue weighted by atomic mass is 10.0. The summed E-state index contributed by atoms with van der Waals surface area (Å²) in [5, 5.41) is 0. The Morgan fingerprint density at radius 2 is 0.863 bits per heavy atom. The molecule has 6 aromatic rings. The van der Waals surface area contributed by atoms with Crippen LogP contribution in [0.3, 0.4) is 0 Å². The Morgan fingerprint density at radius 1 is 0.510 bits per heavy atom. The predicted molar refractivity (Wildman–Crippen MR) is 220 cm³/mol. The van der Waals surface area contributed by atoms with Gasteiger partial charge >= 0.3 is 0 Å². The van der Waals surface area contributed by atoms with Crippen LogP contribution in [0.5, 0.6) is 0 Å². The number of aromatic nitrogens is 3. The fourth-order valence-electron chi connectivity index (χ4n) is 5.01. The molecule has 51 heavy (non-hydrogen) atoms. The van der Waals surface area contributed by atoms with Crippen LogP contribution in [0, 0.1) is 6.92 Å². The van der Waals surface area contributed by atoms with Crippen molar-refractivity contribution in [3.05, 3.63) is 200 Å². The number of hydrogen-bond acceptors (Lipinski definition) is 3. The van der Waals surface area contributed by atoms with Gasteiger partial charge in [-0.05, 0) is 54.2 Å². The van der Waals surface area contributed by atoms with Crippen LogP contribution in [0.25, 0.3) is 56.4 Å². The van der Waals surface area contributed by atoms with E-state index >= 15 is 0 Å². The molecule has 0 amide bonds. The summed E-state index contributed by atoms with van der Waals surface area (Å²) in [5.74, 6) is 1.99. The van der Waals surface area contributed by atoms with Crippen molar-refractivity contribution < 1.29 is 0 Å². The lowest BCUT2D eigenvalue weighted by Gasteiger charge is -2.10. The molecule has 6 rings (SSSR count). The molecule has 0 saturated carbocycles. The summed E-state index contributed by atoms with van der Waals surface area (Å²) >= 11 is 0. The molecule has 1 heterocycles. The fraction of sp³-hybridized carbons (Fsp3) is 0.104. The quantitative estimate of drug-likeness (QED) is 0.144. The maximum Gasteiger partial charge on any atom is 0.164 e. The monoisotopic (exact) mass is 665 g/mol. The predicted octanol–water partition coefficient (Wildman–Crippen LogP) is 13.3. The molecule has 3 heteroatoms. The lowest BCUT2D eigenvalue weighted by Crippen LogP contribution is -2.00. The molecule has 0 spiro atoms. The van der Waals surface area contributed by atoms with E-state index in [4.69, 9.17) is 15.0 Å². The Hall–Kier alpha value is -6.19. The van der Waals surface area contributed by atoms with Crippen LogP contribution < -0.4 is 0 Å². The Labute approximate surface area is 304 Å². The number of hydrogen-bond donors (Lipinski definition) is 0. The van der Waals surface area contributed by atoms with Gasteiger partial charge in [-0.1, -0.05) is 202 Å². The van der Waals surface area contributed by atoms with Crippen molar-refractivity contribution in [2.24, 2.45) is 0 Å². The van der Waals surface area contributed by atoms with Gasteiger partial charge in [0, 0.05) is 16.7 Å². The van der Waals surface area contributed by atoms with Crippen LogP contribution in [0.1, 0.15) is 33.3 Å². The summed E-state index contributed by atoms with van der Waals surface area (Å²) in [7, 11) is 0. The highest BCUT2D eigenvalue weighted by molar-refractivity contribution is 5.72. The van der Waals surface area contributed by atoms with Gasteiger partial charge in [-0.3, -0.25) is 0 Å². The average Bonchev–Trinajstić information content (AvgIpc) is 3.21. The Kier molecular flexibility index (Phi) is 14.5. The zero-order valence-corrected chi connectivity index (χ0v) is 30.4. The number of allylic oxidation sites excluding steroid dienone is 8. The normalized spacial score (nSPS) is 11.0. The van der Waals surface area contributed by atoms with E-state index in [0.717, 1.165) is 33.4 Å². The van der Waals surface area contributed by atoms with Crippen molar-refractivity contribution in [2.45, 2.75) is 34.6 Å². The van der Waals surface area contributed by atoms with Gasteiger partial charge in [0.15, 0.2) is 17.5 Å². The first-order valence-electron chi connectivity index (χ1n) is 17.4. The Morgan fingerprint density at radius 3 is 1.24 bits per heavy atom. The molecule has 0 aliphatic rings. The van der Waals surface area contributed by atoms with Gasteiger partial charge in [-0.25, -0.2) is 15.0 Å². The molecule has 1 aromatic heterocycles. The van der Waals surface area contributed by atoms with E-state index in [1.54, 1.807) is 6.08 Å². The van der Waals surface area contributed by atoms with E-state index in [1.165, 1.54) is 22.3 Å². The van der Waals surface area contributed by atoms with Gasteiger partial charge in [0.1, 0.15) is 0 Å². The second-order valence-electron chi connectivity index (χ2n) is 11.6. The minimum atomic E-state index is 0.660. The average molecular weight is 666 g/mol. The third kappa shape index (κ3) is 10.9. The Bertz CT molecular complexity index is 1970. The first-order chi connectivity index (χ1) is 24.9. The SMILES string of the molecule is C=C/C=C\C(=C)/C(C)=C/C=C\C.CC.Cc1ccc(-c2nc(-c3ccc(-c4ccccc4)cc3)nc(-c3ccc(-c4ccccc4)cc3)n2)cc1.